The molecule has 0 spiro atoms. The third-order valence-corrected chi connectivity index (χ3v) is 2.89. The Hall–Kier alpha value is -1.66. The average Bonchev–Trinajstić information content (AvgIpc) is 2.69. The van der Waals surface area contributed by atoms with Gasteiger partial charge in [0, 0.05) is 13.1 Å². The molecule has 1 unspecified atom stereocenters. The first kappa shape index (κ1) is 11.8. The van der Waals surface area contributed by atoms with Crippen molar-refractivity contribution < 1.29 is 9.90 Å². The molecule has 17 heavy (non-hydrogen) atoms. The summed E-state index contributed by atoms with van der Waals surface area (Å²) in [5.74, 6) is 5.05. The number of aromatic nitrogens is 1. The molecule has 0 radical (unpaired) electrons. The summed E-state index contributed by atoms with van der Waals surface area (Å²) < 4.78 is 0. The van der Waals surface area contributed by atoms with Gasteiger partial charge in [-0.1, -0.05) is 0 Å². The van der Waals surface area contributed by atoms with Crippen molar-refractivity contribution >= 4 is 11.6 Å². The summed E-state index contributed by atoms with van der Waals surface area (Å²) in [6, 6.07) is 3.30. The fraction of sp³-hybridized carbons (Fsp3) is 0.455. The molecule has 1 fully saturated rings. The second-order valence-electron chi connectivity index (χ2n) is 4.55. The van der Waals surface area contributed by atoms with Gasteiger partial charge in [0.1, 0.15) is 5.69 Å². The summed E-state index contributed by atoms with van der Waals surface area (Å²) in [7, 11) is 0. The average molecular weight is 236 g/mol. The molecule has 0 aliphatic carbocycles. The second-order valence-corrected chi connectivity index (χ2v) is 4.55. The van der Waals surface area contributed by atoms with E-state index in [1.54, 1.807) is 24.0 Å². The Labute approximate surface area is 99.4 Å². The molecule has 2 heterocycles. The lowest BCUT2D eigenvalue weighted by molar-refractivity contribution is 0.0569. The van der Waals surface area contributed by atoms with Crippen LogP contribution in [0.3, 0.4) is 0 Å². The SMILES string of the molecule is CC1(O)CCN(C(=O)c2ccc(NN)cn2)C1. The molecule has 1 amide bonds. The van der Waals surface area contributed by atoms with Gasteiger partial charge in [-0.3, -0.25) is 10.6 Å². The number of aliphatic hydroxyl groups is 1. The highest BCUT2D eigenvalue weighted by Gasteiger charge is 2.34. The van der Waals surface area contributed by atoms with E-state index in [1.807, 2.05) is 0 Å². The zero-order valence-corrected chi connectivity index (χ0v) is 9.68. The summed E-state index contributed by atoms with van der Waals surface area (Å²) in [6.45, 7) is 2.64. The molecule has 92 valence electrons. The zero-order chi connectivity index (χ0) is 12.5. The van der Waals surface area contributed by atoms with E-state index in [9.17, 15) is 9.90 Å². The molecule has 0 bridgehead atoms. The quantitative estimate of drug-likeness (QED) is 0.495. The van der Waals surface area contributed by atoms with Crippen molar-refractivity contribution in [1.82, 2.24) is 9.88 Å². The standard InChI is InChI=1S/C11H16N4O2/c1-11(17)4-5-15(7-11)10(16)9-3-2-8(14-12)6-13-9/h2-3,6,14,17H,4-5,7,12H2,1H3. The lowest BCUT2D eigenvalue weighted by Crippen LogP contribution is -2.34. The van der Waals surface area contributed by atoms with Crippen LogP contribution in [0.4, 0.5) is 5.69 Å². The Morgan fingerprint density at radius 1 is 1.65 bits per heavy atom. The van der Waals surface area contributed by atoms with Gasteiger partial charge in [-0.2, -0.15) is 0 Å². The molecular formula is C11H16N4O2. The fourth-order valence-corrected chi connectivity index (χ4v) is 1.89. The molecule has 1 aliphatic rings. The molecule has 1 aliphatic heterocycles. The number of rotatable bonds is 2. The van der Waals surface area contributed by atoms with Crippen molar-refractivity contribution in [3.63, 3.8) is 0 Å². The largest absolute Gasteiger partial charge is 0.388 e. The predicted molar refractivity (Wildman–Crippen MR) is 63.2 cm³/mol. The van der Waals surface area contributed by atoms with Gasteiger partial charge in [0.2, 0.25) is 0 Å². The van der Waals surface area contributed by atoms with E-state index in [0.29, 0.717) is 30.9 Å². The van der Waals surface area contributed by atoms with Gasteiger partial charge in [-0.05, 0) is 25.5 Å². The number of nitrogens with two attached hydrogens (primary N) is 1. The van der Waals surface area contributed by atoms with Crippen molar-refractivity contribution in [1.29, 1.82) is 0 Å². The molecule has 1 atom stereocenters. The number of hydrazine groups is 1. The van der Waals surface area contributed by atoms with Crippen LogP contribution in [-0.2, 0) is 0 Å². The van der Waals surface area contributed by atoms with Crippen molar-refractivity contribution in [3.8, 4) is 0 Å². The number of β-amino-alcohol motifs (C(OH)–C–C–N with tert-alkyl or cyclic N) is 1. The molecular weight excluding hydrogens is 220 g/mol. The Morgan fingerprint density at radius 2 is 2.41 bits per heavy atom. The molecule has 1 saturated heterocycles. The van der Waals surface area contributed by atoms with Crippen LogP contribution in [0.15, 0.2) is 18.3 Å². The van der Waals surface area contributed by atoms with Gasteiger partial charge in [-0.25, -0.2) is 4.98 Å². The lowest BCUT2D eigenvalue weighted by atomic mass is 10.1. The first-order valence-electron chi connectivity index (χ1n) is 5.46. The molecule has 1 aromatic rings. The van der Waals surface area contributed by atoms with Gasteiger partial charge in [0.15, 0.2) is 0 Å². The minimum absolute atomic E-state index is 0.161. The highest BCUT2D eigenvalue weighted by molar-refractivity contribution is 5.92. The molecule has 6 nitrogen and oxygen atoms in total. The minimum Gasteiger partial charge on any atom is -0.388 e. The maximum atomic E-state index is 12.0. The van der Waals surface area contributed by atoms with Crippen LogP contribution in [-0.4, -0.2) is 39.6 Å². The van der Waals surface area contributed by atoms with Crippen LogP contribution >= 0.6 is 0 Å². The van der Waals surface area contributed by atoms with Crippen molar-refractivity contribution in [2.75, 3.05) is 18.5 Å². The fourth-order valence-electron chi connectivity index (χ4n) is 1.89. The maximum Gasteiger partial charge on any atom is 0.272 e. The smallest absolute Gasteiger partial charge is 0.272 e. The molecule has 1 aromatic heterocycles. The van der Waals surface area contributed by atoms with Crippen LogP contribution in [0.5, 0.6) is 0 Å². The minimum atomic E-state index is -0.783. The Morgan fingerprint density at radius 3 is 2.88 bits per heavy atom. The number of anilines is 1. The molecule has 6 heteroatoms. The normalized spacial score (nSPS) is 23.8. The topological polar surface area (TPSA) is 91.5 Å². The molecule has 2 rings (SSSR count). The van der Waals surface area contributed by atoms with Gasteiger partial charge < -0.3 is 15.4 Å². The van der Waals surface area contributed by atoms with Crippen LogP contribution in [0.25, 0.3) is 0 Å². The number of nitrogen functional groups attached to an aromatic ring is 1. The van der Waals surface area contributed by atoms with Crippen molar-refractivity contribution in [2.45, 2.75) is 18.9 Å². The van der Waals surface area contributed by atoms with E-state index in [-0.39, 0.29) is 5.91 Å². The number of likely N-dealkylation sites (tertiary alicyclic amines) is 1. The number of hydrogen-bond donors (Lipinski definition) is 3. The number of nitrogens with one attached hydrogen (secondary N) is 1. The summed E-state index contributed by atoms with van der Waals surface area (Å²) >= 11 is 0. The molecule has 4 N–H and O–H groups in total. The summed E-state index contributed by atoms with van der Waals surface area (Å²) in [6.07, 6.45) is 2.10. The predicted octanol–water partition coefficient (Wildman–Crippen LogP) is -0.0359. The summed E-state index contributed by atoms with van der Waals surface area (Å²) in [5, 5.41) is 9.80. The van der Waals surface area contributed by atoms with Crippen LogP contribution in [0, 0.1) is 0 Å². The Kier molecular flexibility index (Phi) is 2.99. The Balaban J connectivity index is 2.09. The monoisotopic (exact) mass is 236 g/mol. The highest BCUT2D eigenvalue weighted by Crippen LogP contribution is 2.21. The number of amides is 1. The maximum absolute atomic E-state index is 12.0. The highest BCUT2D eigenvalue weighted by atomic mass is 16.3. The van der Waals surface area contributed by atoms with Crippen LogP contribution < -0.4 is 11.3 Å². The van der Waals surface area contributed by atoms with E-state index in [4.69, 9.17) is 5.84 Å². The molecule has 0 saturated carbocycles. The van der Waals surface area contributed by atoms with Gasteiger partial charge >= 0.3 is 0 Å². The van der Waals surface area contributed by atoms with E-state index in [2.05, 4.69) is 10.4 Å². The summed E-state index contributed by atoms with van der Waals surface area (Å²) in [5.41, 5.74) is 2.68. The third-order valence-electron chi connectivity index (χ3n) is 2.89. The van der Waals surface area contributed by atoms with Crippen molar-refractivity contribution in [3.05, 3.63) is 24.0 Å². The van der Waals surface area contributed by atoms with Crippen LogP contribution in [0.2, 0.25) is 0 Å². The van der Waals surface area contributed by atoms with Crippen molar-refractivity contribution in [2.24, 2.45) is 5.84 Å². The van der Waals surface area contributed by atoms with E-state index >= 15 is 0 Å². The zero-order valence-electron chi connectivity index (χ0n) is 9.68. The Bertz CT molecular complexity index is 416. The van der Waals surface area contributed by atoms with Gasteiger partial charge in [0.25, 0.3) is 5.91 Å². The summed E-state index contributed by atoms with van der Waals surface area (Å²) in [4.78, 5) is 17.7. The van der Waals surface area contributed by atoms with E-state index in [0.717, 1.165) is 0 Å². The number of pyridine rings is 1. The first-order chi connectivity index (χ1) is 8.02. The van der Waals surface area contributed by atoms with Gasteiger partial charge in [-0.15, -0.1) is 0 Å². The number of hydrogen-bond acceptors (Lipinski definition) is 5. The lowest BCUT2D eigenvalue weighted by Gasteiger charge is -2.18. The van der Waals surface area contributed by atoms with E-state index in [1.165, 1.54) is 6.20 Å². The number of carbonyl (C=O) groups excluding carboxylic acids is 1. The second kappa shape index (κ2) is 4.31. The number of nitrogens with zero attached hydrogens (tertiary/aromatic N) is 2. The first-order valence-corrected chi connectivity index (χ1v) is 5.46. The third kappa shape index (κ3) is 2.54. The van der Waals surface area contributed by atoms with Gasteiger partial charge in [0.05, 0.1) is 17.5 Å². The molecule has 0 aromatic carbocycles. The van der Waals surface area contributed by atoms with Crippen LogP contribution in [0.1, 0.15) is 23.8 Å². The van der Waals surface area contributed by atoms with E-state index < -0.39 is 5.60 Å². The number of carbonyl (C=O) groups is 1.